The summed E-state index contributed by atoms with van der Waals surface area (Å²) in [5.41, 5.74) is -0.622. The van der Waals surface area contributed by atoms with Gasteiger partial charge < -0.3 is 10.1 Å². The number of anilines is 1. The van der Waals surface area contributed by atoms with Crippen molar-refractivity contribution >= 4 is 17.4 Å². The summed E-state index contributed by atoms with van der Waals surface area (Å²) in [6.07, 6.45) is -1.80. The van der Waals surface area contributed by atoms with Crippen LogP contribution in [0.5, 0.6) is 5.88 Å². The fourth-order valence-electron chi connectivity index (χ4n) is 2.91. The normalized spacial score (nSPS) is 11.5. The number of aromatic nitrogens is 4. The van der Waals surface area contributed by atoms with E-state index in [0.717, 1.165) is 6.07 Å². The quantitative estimate of drug-likeness (QED) is 0.546. The summed E-state index contributed by atoms with van der Waals surface area (Å²) in [6.45, 7) is 0. The number of hydrogen-bond acceptors (Lipinski definition) is 5. The van der Waals surface area contributed by atoms with Gasteiger partial charge in [0.1, 0.15) is 11.4 Å². The lowest BCUT2D eigenvalue weighted by Gasteiger charge is -2.12. The fourth-order valence-corrected chi connectivity index (χ4v) is 2.91. The third kappa shape index (κ3) is 3.66. The van der Waals surface area contributed by atoms with Crippen LogP contribution in [0.4, 0.5) is 19.0 Å². The lowest BCUT2D eigenvalue weighted by atomic mass is 10.0. The number of nitrogens with zero attached hydrogens (tertiary/aromatic N) is 4. The Labute approximate surface area is 168 Å². The molecule has 4 aromatic rings. The second-order valence-electron chi connectivity index (χ2n) is 6.20. The van der Waals surface area contributed by atoms with E-state index in [2.05, 4.69) is 20.4 Å². The number of alkyl halides is 3. The third-order valence-electron chi connectivity index (χ3n) is 4.30. The molecule has 0 bridgehead atoms. The first kappa shape index (κ1) is 19.4. The Balaban J connectivity index is 1.73. The minimum Gasteiger partial charge on any atom is -0.481 e. The zero-order valence-electron chi connectivity index (χ0n) is 15.5. The van der Waals surface area contributed by atoms with Gasteiger partial charge in [-0.15, -0.1) is 0 Å². The van der Waals surface area contributed by atoms with Crippen molar-refractivity contribution in [1.29, 1.82) is 0 Å². The van der Waals surface area contributed by atoms with E-state index >= 15 is 0 Å². The molecule has 1 amide bonds. The number of hydrogen-bond donors (Lipinski definition) is 1. The molecule has 0 saturated heterocycles. The summed E-state index contributed by atoms with van der Waals surface area (Å²) in [6, 6.07) is 11.4. The molecule has 152 valence electrons. The molecule has 7 nitrogen and oxygen atoms in total. The summed E-state index contributed by atoms with van der Waals surface area (Å²) in [7, 11) is 1.45. The molecule has 0 fully saturated rings. The highest BCUT2D eigenvalue weighted by Crippen LogP contribution is 2.36. The van der Waals surface area contributed by atoms with Gasteiger partial charge in [-0.1, -0.05) is 24.3 Å². The van der Waals surface area contributed by atoms with E-state index < -0.39 is 17.6 Å². The minimum atomic E-state index is -4.54. The van der Waals surface area contributed by atoms with Gasteiger partial charge in [0.2, 0.25) is 5.88 Å². The number of carbonyl (C=O) groups is 1. The number of ether oxygens (including phenoxy) is 1. The van der Waals surface area contributed by atoms with Gasteiger partial charge in [0.25, 0.3) is 5.91 Å². The molecule has 1 aromatic carbocycles. The number of fused-ring (bicyclic) bond motifs is 1. The molecule has 1 N–H and O–H groups in total. The number of benzene rings is 1. The van der Waals surface area contributed by atoms with Crippen LogP contribution in [0.2, 0.25) is 0 Å². The molecule has 10 heteroatoms. The van der Waals surface area contributed by atoms with Crippen molar-refractivity contribution in [3.8, 4) is 17.1 Å². The van der Waals surface area contributed by atoms with Gasteiger partial charge in [0, 0.05) is 17.8 Å². The second-order valence-corrected chi connectivity index (χ2v) is 6.20. The largest absolute Gasteiger partial charge is 0.481 e. The average Bonchev–Trinajstić information content (AvgIpc) is 3.16. The first-order valence-corrected chi connectivity index (χ1v) is 8.70. The average molecular weight is 413 g/mol. The van der Waals surface area contributed by atoms with E-state index in [-0.39, 0.29) is 28.3 Å². The predicted molar refractivity (Wildman–Crippen MR) is 102 cm³/mol. The number of rotatable bonds is 4. The molecule has 30 heavy (non-hydrogen) atoms. The number of nitrogens with one attached hydrogen (secondary N) is 1. The summed E-state index contributed by atoms with van der Waals surface area (Å²) < 4.78 is 46.4. The number of halogens is 3. The highest BCUT2D eigenvalue weighted by molar-refractivity contribution is 6.07. The molecule has 3 aromatic heterocycles. The maximum absolute atomic E-state index is 13.4. The van der Waals surface area contributed by atoms with Crippen molar-refractivity contribution in [2.24, 2.45) is 0 Å². The van der Waals surface area contributed by atoms with Gasteiger partial charge >= 0.3 is 6.18 Å². The van der Waals surface area contributed by atoms with Crippen molar-refractivity contribution in [2.75, 3.05) is 12.4 Å². The predicted octanol–water partition coefficient (Wildman–Crippen LogP) is 4.07. The number of methoxy groups -OCH3 is 1. The molecule has 0 atom stereocenters. The Morgan fingerprint density at radius 2 is 1.87 bits per heavy atom. The molecule has 0 spiro atoms. The Morgan fingerprint density at radius 1 is 1.07 bits per heavy atom. The molecular weight excluding hydrogens is 399 g/mol. The topological polar surface area (TPSA) is 81.4 Å². The first-order chi connectivity index (χ1) is 14.4. The van der Waals surface area contributed by atoms with Gasteiger partial charge in [-0.05, 0) is 18.2 Å². The zero-order chi connectivity index (χ0) is 21.3. The van der Waals surface area contributed by atoms with Crippen molar-refractivity contribution in [1.82, 2.24) is 19.6 Å². The lowest BCUT2D eigenvalue weighted by molar-refractivity contribution is -0.137. The van der Waals surface area contributed by atoms with E-state index in [9.17, 15) is 18.0 Å². The second kappa shape index (κ2) is 7.47. The van der Waals surface area contributed by atoms with E-state index in [1.54, 1.807) is 18.2 Å². The maximum Gasteiger partial charge on any atom is 0.417 e. The first-order valence-electron chi connectivity index (χ1n) is 8.70. The summed E-state index contributed by atoms with van der Waals surface area (Å²) >= 11 is 0. The van der Waals surface area contributed by atoms with Gasteiger partial charge in [-0.2, -0.15) is 23.3 Å². The highest BCUT2D eigenvalue weighted by atomic mass is 19.4. The Kier molecular flexibility index (Phi) is 4.82. The number of amides is 1. The molecule has 4 rings (SSSR count). The Morgan fingerprint density at radius 3 is 2.63 bits per heavy atom. The lowest BCUT2D eigenvalue weighted by Crippen LogP contribution is -2.13. The van der Waals surface area contributed by atoms with Crippen molar-refractivity contribution in [3.63, 3.8) is 0 Å². The molecule has 0 unspecified atom stereocenters. The van der Waals surface area contributed by atoms with Crippen molar-refractivity contribution in [3.05, 3.63) is 72.1 Å². The van der Waals surface area contributed by atoms with Gasteiger partial charge in [-0.25, -0.2) is 9.50 Å². The van der Waals surface area contributed by atoms with Crippen molar-refractivity contribution < 1.29 is 22.7 Å². The standard InChI is InChI=1S/C20H14F3N5O2/c1-30-17-8-4-7-16(26-17)27-19(29)13-11-24-28-10-9-15(25-18(13)28)12-5-2-3-6-14(12)20(21,22)23/h2-11H,1H3,(H,26,27,29). The number of pyridine rings is 1. The molecule has 0 radical (unpaired) electrons. The molecule has 0 saturated carbocycles. The van der Waals surface area contributed by atoms with E-state index in [4.69, 9.17) is 4.74 Å². The van der Waals surface area contributed by atoms with Crippen LogP contribution < -0.4 is 10.1 Å². The van der Waals surface area contributed by atoms with E-state index in [1.165, 1.54) is 48.3 Å². The van der Waals surface area contributed by atoms with E-state index in [0.29, 0.717) is 5.88 Å². The molecule has 0 aliphatic carbocycles. The molecule has 3 heterocycles. The van der Waals surface area contributed by atoms with Gasteiger partial charge in [0.05, 0.1) is 24.6 Å². The fraction of sp³-hybridized carbons (Fsp3) is 0.100. The van der Waals surface area contributed by atoms with Crippen LogP contribution in [0, 0.1) is 0 Å². The van der Waals surface area contributed by atoms with Crippen LogP contribution in [0.1, 0.15) is 15.9 Å². The monoisotopic (exact) mass is 413 g/mol. The summed E-state index contributed by atoms with van der Waals surface area (Å²) in [4.78, 5) is 21.1. The highest BCUT2D eigenvalue weighted by Gasteiger charge is 2.33. The molecule has 0 aliphatic rings. The summed E-state index contributed by atoms with van der Waals surface area (Å²) in [5.74, 6) is 0.00798. The SMILES string of the molecule is COc1cccc(NC(=O)c2cnn3ccc(-c4ccccc4C(F)(F)F)nc23)n1. The van der Waals surface area contributed by atoms with Crippen LogP contribution >= 0.6 is 0 Å². The Bertz CT molecular complexity index is 1240. The third-order valence-corrected chi connectivity index (χ3v) is 4.30. The van der Waals surface area contributed by atoms with E-state index in [1.807, 2.05) is 0 Å². The van der Waals surface area contributed by atoms with Crippen LogP contribution in [-0.4, -0.2) is 32.6 Å². The number of carbonyl (C=O) groups excluding carboxylic acids is 1. The Hall–Kier alpha value is -3.95. The van der Waals surface area contributed by atoms with Gasteiger partial charge in [-0.3, -0.25) is 4.79 Å². The van der Waals surface area contributed by atoms with Crippen molar-refractivity contribution in [2.45, 2.75) is 6.18 Å². The smallest absolute Gasteiger partial charge is 0.417 e. The zero-order valence-corrected chi connectivity index (χ0v) is 15.5. The minimum absolute atomic E-state index is 0.0736. The van der Waals surface area contributed by atoms with Crippen LogP contribution in [-0.2, 0) is 6.18 Å². The molecular formula is C20H14F3N5O2. The molecule has 0 aliphatic heterocycles. The van der Waals surface area contributed by atoms with Crippen LogP contribution in [0.3, 0.4) is 0 Å². The van der Waals surface area contributed by atoms with Crippen LogP contribution in [0.15, 0.2) is 60.9 Å². The summed E-state index contributed by atoms with van der Waals surface area (Å²) in [5, 5.41) is 6.65. The maximum atomic E-state index is 13.4. The van der Waals surface area contributed by atoms with Crippen LogP contribution in [0.25, 0.3) is 16.9 Å². The van der Waals surface area contributed by atoms with Gasteiger partial charge in [0.15, 0.2) is 5.65 Å².